The zero-order chi connectivity index (χ0) is 26.6. The van der Waals surface area contributed by atoms with Gasteiger partial charge in [0, 0.05) is 0 Å². The minimum absolute atomic E-state index is 0.0531. The maximum absolute atomic E-state index is 12.5. The predicted octanol–water partition coefficient (Wildman–Crippen LogP) is -4.14. The number of carbonyl (C=O) groups is 6. The third kappa shape index (κ3) is 11.0. The number of aliphatic hydroxyl groups excluding tert-OH is 2. The van der Waals surface area contributed by atoms with E-state index in [4.69, 9.17) is 21.1 Å². The molecule has 15 heteroatoms. The smallest absolute Gasteiger partial charge is 0.328 e. The van der Waals surface area contributed by atoms with Gasteiger partial charge in [0.25, 0.3) is 0 Å². The summed E-state index contributed by atoms with van der Waals surface area (Å²) < 4.78 is 0. The summed E-state index contributed by atoms with van der Waals surface area (Å²) in [5.41, 5.74) is 5.73. The molecule has 15 nitrogen and oxygen atoms in total. The predicted molar refractivity (Wildman–Crippen MR) is 115 cm³/mol. The van der Waals surface area contributed by atoms with Gasteiger partial charge in [-0.3, -0.25) is 24.0 Å². The number of rotatable bonds is 15. The van der Waals surface area contributed by atoms with E-state index < -0.39 is 85.4 Å². The molecule has 0 saturated heterocycles. The van der Waals surface area contributed by atoms with Crippen LogP contribution in [0.4, 0.5) is 0 Å². The van der Waals surface area contributed by atoms with Gasteiger partial charge < -0.3 is 47.4 Å². The Bertz CT molecular complexity index is 760. The molecule has 194 valence electrons. The maximum atomic E-state index is 12.5. The van der Waals surface area contributed by atoms with Crippen molar-refractivity contribution in [3.63, 3.8) is 0 Å². The van der Waals surface area contributed by atoms with Crippen LogP contribution in [0.5, 0.6) is 0 Å². The standard InChI is InChI=1S/C19H33N5O10/c1-8(2)4-10(20)16(30)22-11(5-14(27)28)17(31)23-12(6-25)18(32)21-9(3)15(29)24-13(7-26)19(33)34/h8-13,25-26H,4-7,20H2,1-3H3,(H,21,32)(H,22,30)(H,23,31)(H,24,29)(H,27,28)(H,33,34)/t9-,10-,11-,12-,13-/m0/s1. The number of carboxylic acids is 2. The van der Waals surface area contributed by atoms with Crippen LogP contribution in [-0.2, 0) is 28.8 Å². The van der Waals surface area contributed by atoms with Gasteiger partial charge >= 0.3 is 11.9 Å². The Morgan fingerprint density at radius 1 is 0.706 bits per heavy atom. The van der Waals surface area contributed by atoms with Crippen molar-refractivity contribution in [2.24, 2.45) is 11.7 Å². The zero-order valence-corrected chi connectivity index (χ0v) is 19.1. The molecule has 34 heavy (non-hydrogen) atoms. The first kappa shape index (κ1) is 30.7. The first-order valence-corrected chi connectivity index (χ1v) is 10.4. The SMILES string of the molecule is CC(C)C[C@H](N)C(=O)N[C@@H](CC(=O)O)C(=O)N[C@@H](CO)C(=O)N[C@@H](C)C(=O)N[C@@H](CO)C(=O)O. The number of nitrogens with two attached hydrogens (primary N) is 1. The topological polar surface area (TPSA) is 257 Å². The number of hydrogen-bond acceptors (Lipinski definition) is 9. The van der Waals surface area contributed by atoms with Gasteiger partial charge in [-0.25, -0.2) is 4.79 Å². The van der Waals surface area contributed by atoms with Gasteiger partial charge in [0.15, 0.2) is 0 Å². The van der Waals surface area contributed by atoms with E-state index in [1.165, 1.54) is 6.92 Å². The molecule has 0 unspecified atom stereocenters. The summed E-state index contributed by atoms with van der Waals surface area (Å²) in [5.74, 6) is -6.76. The number of carboxylic acid groups (broad SMARTS) is 2. The Morgan fingerprint density at radius 3 is 1.62 bits per heavy atom. The maximum Gasteiger partial charge on any atom is 0.328 e. The monoisotopic (exact) mass is 491 g/mol. The first-order valence-electron chi connectivity index (χ1n) is 10.4. The lowest BCUT2D eigenvalue weighted by atomic mass is 10.0. The molecule has 0 spiro atoms. The Hall–Kier alpha value is -3.30. The Labute approximate surface area is 195 Å². The molecule has 0 heterocycles. The fourth-order valence-corrected chi connectivity index (χ4v) is 2.61. The average molecular weight is 491 g/mol. The molecule has 4 amide bonds. The van der Waals surface area contributed by atoms with E-state index in [0.29, 0.717) is 0 Å². The van der Waals surface area contributed by atoms with Gasteiger partial charge in [-0.15, -0.1) is 0 Å². The van der Waals surface area contributed by atoms with Crippen LogP contribution in [0.2, 0.25) is 0 Å². The number of hydrogen-bond donors (Lipinski definition) is 9. The van der Waals surface area contributed by atoms with Crippen LogP contribution >= 0.6 is 0 Å². The fraction of sp³-hybridized carbons (Fsp3) is 0.684. The molecule has 0 aromatic rings. The van der Waals surface area contributed by atoms with E-state index >= 15 is 0 Å². The van der Waals surface area contributed by atoms with Gasteiger partial charge in [0.05, 0.1) is 25.7 Å². The van der Waals surface area contributed by atoms with Crippen molar-refractivity contribution in [2.45, 2.75) is 63.8 Å². The van der Waals surface area contributed by atoms with Gasteiger partial charge in [-0.05, 0) is 19.3 Å². The van der Waals surface area contributed by atoms with Crippen LogP contribution in [0.15, 0.2) is 0 Å². The number of nitrogens with one attached hydrogen (secondary N) is 4. The van der Waals surface area contributed by atoms with Crippen molar-refractivity contribution in [3.8, 4) is 0 Å². The normalized spacial score (nSPS) is 15.3. The van der Waals surface area contributed by atoms with Crippen LogP contribution < -0.4 is 27.0 Å². The quantitative estimate of drug-likeness (QED) is 0.106. The summed E-state index contributed by atoms with van der Waals surface area (Å²) in [7, 11) is 0. The molecular weight excluding hydrogens is 458 g/mol. The van der Waals surface area contributed by atoms with Crippen molar-refractivity contribution in [3.05, 3.63) is 0 Å². The molecule has 0 aliphatic carbocycles. The number of aliphatic carboxylic acids is 2. The van der Waals surface area contributed by atoms with E-state index in [1.54, 1.807) is 0 Å². The van der Waals surface area contributed by atoms with E-state index in [9.17, 15) is 33.9 Å². The summed E-state index contributed by atoms with van der Waals surface area (Å²) in [6, 6.07) is -7.17. The molecule has 0 aromatic carbocycles. The van der Waals surface area contributed by atoms with Gasteiger partial charge in [0.2, 0.25) is 23.6 Å². The van der Waals surface area contributed by atoms with Gasteiger partial charge in [-0.1, -0.05) is 13.8 Å². The van der Waals surface area contributed by atoms with Gasteiger partial charge in [-0.2, -0.15) is 0 Å². The average Bonchev–Trinajstić information content (AvgIpc) is 2.73. The lowest BCUT2D eigenvalue weighted by molar-refractivity contribution is -0.143. The second-order valence-electron chi connectivity index (χ2n) is 7.95. The van der Waals surface area contributed by atoms with Crippen LogP contribution in [0, 0.1) is 5.92 Å². The molecular formula is C19H33N5O10. The van der Waals surface area contributed by atoms with Crippen molar-refractivity contribution < 1.29 is 49.2 Å². The van der Waals surface area contributed by atoms with Crippen LogP contribution in [0.3, 0.4) is 0 Å². The lowest BCUT2D eigenvalue weighted by Gasteiger charge is -2.24. The summed E-state index contributed by atoms with van der Waals surface area (Å²) in [4.78, 5) is 71.1. The number of amides is 4. The Morgan fingerprint density at radius 2 is 1.18 bits per heavy atom. The Kier molecular flexibility index (Phi) is 13.3. The molecule has 0 saturated carbocycles. The highest BCUT2D eigenvalue weighted by Crippen LogP contribution is 2.04. The molecule has 10 N–H and O–H groups in total. The minimum Gasteiger partial charge on any atom is -0.481 e. The van der Waals surface area contributed by atoms with Crippen molar-refractivity contribution >= 4 is 35.6 Å². The molecule has 0 aromatic heterocycles. The van der Waals surface area contributed by atoms with Crippen LogP contribution in [0.25, 0.3) is 0 Å². The summed E-state index contributed by atoms with van der Waals surface area (Å²) in [6.45, 7) is 2.97. The summed E-state index contributed by atoms with van der Waals surface area (Å²) >= 11 is 0. The third-order valence-corrected chi connectivity index (χ3v) is 4.44. The van der Waals surface area contributed by atoms with E-state index in [-0.39, 0.29) is 12.3 Å². The fourth-order valence-electron chi connectivity index (χ4n) is 2.61. The molecule has 0 rings (SSSR count). The second-order valence-corrected chi connectivity index (χ2v) is 7.95. The van der Waals surface area contributed by atoms with Crippen molar-refractivity contribution in [2.75, 3.05) is 13.2 Å². The molecule has 0 fully saturated rings. The third-order valence-electron chi connectivity index (χ3n) is 4.44. The zero-order valence-electron chi connectivity index (χ0n) is 19.1. The van der Waals surface area contributed by atoms with Crippen molar-refractivity contribution in [1.82, 2.24) is 21.3 Å². The van der Waals surface area contributed by atoms with Gasteiger partial charge in [0.1, 0.15) is 24.2 Å². The molecule has 0 bridgehead atoms. The van der Waals surface area contributed by atoms with Crippen LogP contribution in [0.1, 0.15) is 33.6 Å². The molecule has 5 atom stereocenters. The van der Waals surface area contributed by atoms with Crippen molar-refractivity contribution in [1.29, 1.82) is 0 Å². The summed E-state index contributed by atoms with van der Waals surface area (Å²) in [5, 5.41) is 44.7. The van der Waals surface area contributed by atoms with E-state index in [2.05, 4.69) is 16.0 Å². The number of aliphatic hydroxyl groups is 2. The minimum atomic E-state index is -1.63. The largest absolute Gasteiger partial charge is 0.481 e. The highest BCUT2D eigenvalue weighted by Gasteiger charge is 2.31. The van der Waals surface area contributed by atoms with Crippen LogP contribution in [-0.4, -0.2) is 99.4 Å². The highest BCUT2D eigenvalue weighted by molar-refractivity contribution is 5.96. The highest BCUT2D eigenvalue weighted by atomic mass is 16.4. The first-order chi connectivity index (χ1) is 15.7. The second kappa shape index (κ2) is 14.8. The lowest BCUT2D eigenvalue weighted by Crippen LogP contribution is -2.59. The van der Waals surface area contributed by atoms with E-state index in [1.807, 2.05) is 19.2 Å². The Balaban J connectivity index is 5.20. The molecule has 0 aliphatic heterocycles. The summed E-state index contributed by atoms with van der Waals surface area (Å²) in [6.07, 6.45) is -0.559. The molecule has 0 radical (unpaired) electrons. The van der Waals surface area contributed by atoms with E-state index in [0.717, 1.165) is 0 Å². The number of carbonyl (C=O) groups excluding carboxylic acids is 4. The molecule has 0 aliphatic rings.